The maximum Gasteiger partial charge on any atom is 0.227 e. The summed E-state index contributed by atoms with van der Waals surface area (Å²) < 4.78 is 5.57. The number of carbonyl (C=O) groups excluding carboxylic acids is 1. The Kier molecular flexibility index (Phi) is 5.15. The van der Waals surface area contributed by atoms with Crippen LogP contribution >= 0.6 is 0 Å². The molecule has 1 aliphatic rings. The first kappa shape index (κ1) is 15.0. The van der Waals surface area contributed by atoms with Gasteiger partial charge in [0.2, 0.25) is 5.91 Å². The average molecular weight is 276 g/mol. The van der Waals surface area contributed by atoms with E-state index in [-0.39, 0.29) is 24.0 Å². The molecular weight excluding hydrogens is 252 g/mol. The molecule has 0 aromatic heterocycles. The second-order valence-corrected chi connectivity index (χ2v) is 5.58. The van der Waals surface area contributed by atoms with Gasteiger partial charge in [-0.15, -0.1) is 0 Å². The molecule has 110 valence electrons. The van der Waals surface area contributed by atoms with Crippen molar-refractivity contribution in [2.24, 2.45) is 11.7 Å². The minimum absolute atomic E-state index is 0.0804. The molecule has 1 fully saturated rings. The van der Waals surface area contributed by atoms with Crippen molar-refractivity contribution >= 4 is 5.91 Å². The Morgan fingerprint density at radius 3 is 2.75 bits per heavy atom. The molecule has 0 radical (unpaired) electrons. The van der Waals surface area contributed by atoms with E-state index in [1.54, 1.807) is 4.90 Å². The lowest BCUT2D eigenvalue weighted by atomic mass is 9.94. The van der Waals surface area contributed by atoms with E-state index < -0.39 is 0 Å². The number of likely N-dealkylation sites (N-methyl/N-ethyl adjacent to an activating group) is 1. The second kappa shape index (κ2) is 6.86. The van der Waals surface area contributed by atoms with Gasteiger partial charge in [-0.1, -0.05) is 37.3 Å². The predicted molar refractivity (Wildman–Crippen MR) is 79.1 cm³/mol. The molecule has 4 heteroatoms. The minimum atomic E-state index is -0.268. The first-order valence-electron chi connectivity index (χ1n) is 7.26. The topological polar surface area (TPSA) is 55.6 Å². The molecule has 2 N–H and O–H groups in total. The van der Waals surface area contributed by atoms with Gasteiger partial charge in [-0.3, -0.25) is 4.79 Å². The average Bonchev–Trinajstić information content (AvgIpc) is 2.98. The summed E-state index contributed by atoms with van der Waals surface area (Å²) in [6.07, 6.45) is 2.31. The van der Waals surface area contributed by atoms with E-state index in [1.807, 2.05) is 44.3 Å². The van der Waals surface area contributed by atoms with Gasteiger partial charge >= 0.3 is 0 Å². The van der Waals surface area contributed by atoms with E-state index in [4.69, 9.17) is 10.5 Å². The van der Waals surface area contributed by atoms with Crippen molar-refractivity contribution in [3.8, 4) is 0 Å². The Morgan fingerprint density at radius 2 is 2.15 bits per heavy atom. The number of benzene rings is 1. The highest BCUT2D eigenvalue weighted by molar-refractivity contribution is 5.79. The summed E-state index contributed by atoms with van der Waals surface area (Å²) in [5.41, 5.74) is 7.21. The van der Waals surface area contributed by atoms with Crippen molar-refractivity contribution in [1.82, 2.24) is 4.90 Å². The van der Waals surface area contributed by atoms with Gasteiger partial charge in [0.15, 0.2) is 0 Å². The fourth-order valence-electron chi connectivity index (χ4n) is 2.65. The van der Waals surface area contributed by atoms with Crippen LogP contribution in [0.5, 0.6) is 0 Å². The van der Waals surface area contributed by atoms with Crippen LogP contribution in [0.3, 0.4) is 0 Å². The molecule has 3 atom stereocenters. The van der Waals surface area contributed by atoms with Gasteiger partial charge in [0.25, 0.3) is 0 Å². The van der Waals surface area contributed by atoms with Crippen LogP contribution in [0.4, 0.5) is 0 Å². The number of hydrogen-bond donors (Lipinski definition) is 1. The Labute approximate surface area is 120 Å². The van der Waals surface area contributed by atoms with Gasteiger partial charge in [-0.2, -0.15) is 0 Å². The summed E-state index contributed by atoms with van der Waals surface area (Å²) in [6.45, 7) is 3.36. The Bertz CT molecular complexity index is 429. The van der Waals surface area contributed by atoms with Crippen molar-refractivity contribution in [2.75, 3.05) is 20.2 Å². The predicted octanol–water partition coefficient (Wildman–Crippen LogP) is 1.96. The molecule has 0 bridgehead atoms. The van der Waals surface area contributed by atoms with Crippen LogP contribution in [0.25, 0.3) is 0 Å². The standard InChI is InChI=1S/C16H24N2O2/c1-12(15(17)13-7-4-3-5-8-13)16(19)18(2)11-14-9-6-10-20-14/h3-5,7-8,12,14-15H,6,9-11,17H2,1-2H3. The third-order valence-corrected chi connectivity index (χ3v) is 3.99. The van der Waals surface area contributed by atoms with E-state index >= 15 is 0 Å². The SMILES string of the molecule is CC(C(=O)N(C)CC1CCCO1)C(N)c1ccccc1. The molecule has 1 heterocycles. The Hall–Kier alpha value is -1.39. The molecular formula is C16H24N2O2. The van der Waals surface area contributed by atoms with E-state index in [1.165, 1.54) is 0 Å². The second-order valence-electron chi connectivity index (χ2n) is 5.58. The quantitative estimate of drug-likeness (QED) is 0.894. The summed E-state index contributed by atoms with van der Waals surface area (Å²) in [4.78, 5) is 14.2. The van der Waals surface area contributed by atoms with Crippen LogP contribution in [0, 0.1) is 5.92 Å². The van der Waals surface area contributed by atoms with Crippen molar-refractivity contribution < 1.29 is 9.53 Å². The Morgan fingerprint density at radius 1 is 1.45 bits per heavy atom. The molecule has 1 saturated heterocycles. The summed E-state index contributed by atoms with van der Waals surface area (Å²) in [7, 11) is 1.83. The third-order valence-electron chi connectivity index (χ3n) is 3.99. The smallest absolute Gasteiger partial charge is 0.227 e. The van der Waals surface area contributed by atoms with Crippen molar-refractivity contribution in [3.05, 3.63) is 35.9 Å². The van der Waals surface area contributed by atoms with Gasteiger partial charge in [-0.05, 0) is 18.4 Å². The first-order chi connectivity index (χ1) is 9.59. The van der Waals surface area contributed by atoms with Gasteiger partial charge in [0.1, 0.15) is 0 Å². The fourth-order valence-corrected chi connectivity index (χ4v) is 2.65. The number of carbonyl (C=O) groups is 1. The summed E-state index contributed by atoms with van der Waals surface area (Å²) >= 11 is 0. The van der Waals surface area contributed by atoms with Crippen LogP contribution in [0.2, 0.25) is 0 Å². The number of hydrogen-bond acceptors (Lipinski definition) is 3. The zero-order valence-corrected chi connectivity index (χ0v) is 12.3. The maximum absolute atomic E-state index is 12.4. The zero-order valence-electron chi connectivity index (χ0n) is 12.3. The number of ether oxygens (including phenoxy) is 1. The number of nitrogens with zero attached hydrogens (tertiary/aromatic N) is 1. The lowest BCUT2D eigenvalue weighted by Crippen LogP contribution is -2.40. The van der Waals surface area contributed by atoms with Crippen molar-refractivity contribution in [3.63, 3.8) is 0 Å². The zero-order chi connectivity index (χ0) is 14.5. The largest absolute Gasteiger partial charge is 0.376 e. The van der Waals surface area contributed by atoms with Crippen LogP contribution < -0.4 is 5.73 Å². The highest BCUT2D eigenvalue weighted by Gasteiger charge is 2.27. The van der Waals surface area contributed by atoms with Crippen LogP contribution in [0.15, 0.2) is 30.3 Å². The van der Waals surface area contributed by atoms with E-state index in [2.05, 4.69) is 0 Å². The number of amides is 1. The van der Waals surface area contributed by atoms with Gasteiger partial charge < -0.3 is 15.4 Å². The van der Waals surface area contributed by atoms with Gasteiger partial charge in [-0.25, -0.2) is 0 Å². The normalized spacial score (nSPS) is 21.4. The minimum Gasteiger partial charge on any atom is -0.376 e. The molecule has 20 heavy (non-hydrogen) atoms. The molecule has 1 aliphatic heterocycles. The van der Waals surface area contributed by atoms with E-state index in [9.17, 15) is 4.79 Å². The number of rotatable bonds is 5. The summed E-state index contributed by atoms with van der Waals surface area (Å²) in [5, 5.41) is 0. The van der Waals surface area contributed by atoms with Crippen LogP contribution in [0.1, 0.15) is 31.4 Å². The van der Waals surface area contributed by atoms with Gasteiger partial charge in [0, 0.05) is 26.2 Å². The molecule has 1 amide bonds. The van der Waals surface area contributed by atoms with Crippen molar-refractivity contribution in [1.29, 1.82) is 0 Å². The van der Waals surface area contributed by atoms with Crippen LogP contribution in [-0.2, 0) is 9.53 Å². The highest BCUT2D eigenvalue weighted by atomic mass is 16.5. The van der Waals surface area contributed by atoms with Gasteiger partial charge in [0.05, 0.1) is 12.0 Å². The maximum atomic E-state index is 12.4. The number of nitrogens with two attached hydrogens (primary N) is 1. The Balaban J connectivity index is 1.93. The lowest BCUT2D eigenvalue weighted by Gasteiger charge is -2.27. The highest BCUT2D eigenvalue weighted by Crippen LogP contribution is 2.21. The molecule has 2 rings (SSSR count). The molecule has 4 nitrogen and oxygen atoms in total. The first-order valence-corrected chi connectivity index (χ1v) is 7.26. The lowest BCUT2D eigenvalue weighted by molar-refractivity contribution is -0.135. The molecule has 0 aliphatic carbocycles. The van der Waals surface area contributed by atoms with E-state index in [0.717, 1.165) is 25.0 Å². The van der Waals surface area contributed by atoms with Crippen molar-refractivity contribution in [2.45, 2.75) is 31.9 Å². The van der Waals surface area contributed by atoms with Crippen LogP contribution in [-0.4, -0.2) is 37.1 Å². The van der Waals surface area contributed by atoms with E-state index in [0.29, 0.717) is 6.54 Å². The molecule has 1 aromatic carbocycles. The fraction of sp³-hybridized carbons (Fsp3) is 0.562. The molecule has 0 saturated carbocycles. The molecule has 0 spiro atoms. The third kappa shape index (κ3) is 3.58. The molecule has 3 unspecified atom stereocenters. The monoisotopic (exact) mass is 276 g/mol. The summed E-state index contributed by atoms with van der Waals surface area (Å²) in [6, 6.07) is 9.51. The molecule has 1 aromatic rings. The summed E-state index contributed by atoms with van der Waals surface area (Å²) in [5.74, 6) is -0.152.